The van der Waals surface area contributed by atoms with E-state index in [1.165, 1.54) is 31.5 Å². The Labute approximate surface area is 133 Å². The molecule has 1 heterocycles. The normalized spacial score (nSPS) is 19.0. The maximum absolute atomic E-state index is 5.78. The van der Waals surface area contributed by atoms with Crippen molar-refractivity contribution in [2.75, 3.05) is 26.2 Å². The molecular weight excluding hydrogens is 270 g/mol. The highest BCUT2D eigenvalue weighted by atomic mass is 16.5. The highest BCUT2D eigenvalue weighted by Crippen LogP contribution is 2.26. The van der Waals surface area contributed by atoms with E-state index in [1.54, 1.807) is 0 Å². The minimum atomic E-state index is 0.699. The van der Waals surface area contributed by atoms with Crippen molar-refractivity contribution in [2.24, 2.45) is 0 Å². The molecule has 0 bridgehead atoms. The summed E-state index contributed by atoms with van der Waals surface area (Å²) < 4.78 is 5.78. The zero-order valence-electron chi connectivity index (χ0n) is 13.2. The molecule has 1 atom stereocenters. The fourth-order valence-electron chi connectivity index (χ4n) is 3.25. The Hall–Kier alpha value is -1.80. The van der Waals surface area contributed by atoms with Crippen LogP contribution < -0.4 is 4.74 Å². The summed E-state index contributed by atoms with van der Waals surface area (Å²) in [5, 5.41) is 0. The summed E-state index contributed by atoms with van der Waals surface area (Å²) in [6.07, 6.45) is 3.72. The Bertz CT molecular complexity index is 540. The van der Waals surface area contributed by atoms with Crippen molar-refractivity contribution in [3.8, 4) is 5.75 Å². The SMILES string of the molecule is c1ccc(OCCCN2CCCC(c3ccccc3)C2)cc1. The Kier molecular flexibility index (Phi) is 5.49. The Morgan fingerprint density at radius 2 is 1.68 bits per heavy atom. The minimum absolute atomic E-state index is 0.699. The number of benzene rings is 2. The molecule has 0 saturated carbocycles. The second-order valence-corrected chi connectivity index (χ2v) is 6.07. The van der Waals surface area contributed by atoms with E-state index in [2.05, 4.69) is 35.2 Å². The number of hydrogen-bond donors (Lipinski definition) is 0. The van der Waals surface area contributed by atoms with Crippen molar-refractivity contribution in [3.63, 3.8) is 0 Å². The number of hydrogen-bond acceptors (Lipinski definition) is 2. The number of likely N-dealkylation sites (tertiary alicyclic amines) is 1. The van der Waals surface area contributed by atoms with E-state index >= 15 is 0 Å². The van der Waals surface area contributed by atoms with Crippen LogP contribution >= 0.6 is 0 Å². The van der Waals surface area contributed by atoms with Gasteiger partial charge in [-0.05, 0) is 49.4 Å². The van der Waals surface area contributed by atoms with Crippen molar-refractivity contribution in [1.29, 1.82) is 0 Å². The van der Waals surface area contributed by atoms with Crippen LogP contribution in [0.25, 0.3) is 0 Å². The molecule has 0 radical (unpaired) electrons. The van der Waals surface area contributed by atoms with E-state index in [1.807, 2.05) is 30.3 Å². The molecule has 22 heavy (non-hydrogen) atoms. The van der Waals surface area contributed by atoms with Gasteiger partial charge in [0.2, 0.25) is 0 Å². The van der Waals surface area contributed by atoms with E-state index in [0.29, 0.717) is 5.92 Å². The molecule has 1 fully saturated rings. The summed E-state index contributed by atoms with van der Waals surface area (Å²) >= 11 is 0. The number of ether oxygens (including phenoxy) is 1. The molecule has 2 nitrogen and oxygen atoms in total. The summed E-state index contributed by atoms with van der Waals surface area (Å²) in [6.45, 7) is 4.36. The predicted octanol–water partition coefficient (Wildman–Crippen LogP) is 4.34. The summed E-state index contributed by atoms with van der Waals surface area (Å²) in [6, 6.07) is 21.0. The first-order chi connectivity index (χ1) is 10.9. The molecule has 2 aromatic rings. The Balaban J connectivity index is 1.41. The van der Waals surface area contributed by atoms with Crippen molar-refractivity contribution >= 4 is 0 Å². The minimum Gasteiger partial charge on any atom is -0.494 e. The average Bonchev–Trinajstić information content (AvgIpc) is 2.61. The summed E-state index contributed by atoms with van der Waals surface area (Å²) in [5.41, 5.74) is 1.49. The maximum atomic E-state index is 5.78. The van der Waals surface area contributed by atoms with Crippen LogP contribution in [-0.4, -0.2) is 31.1 Å². The lowest BCUT2D eigenvalue weighted by Crippen LogP contribution is -2.35. The first-order valence-electron chi connectivity index (χ1n) is 8.37. The van der Waals surface area contributed by atoms with Crippen LogP contribution in [0.3, 0.4) is 0 Å². The fraction of sp³-hybridized carbons (Fsp3) is 0.400. The molecule has 0 N–H and O–H groups in total. The molecule has 116 valence electrons. The fourth-order valence-corrected chi connectivity index (χ4v) is 3.25. The molecule has 1 aliphatic rings. The van der Waals surface area contributed by atoms with Gasteiger partial charge >= 0.3 is 0 Å². The third kappa shape index (κ3) is 4.35. The lowest BCUT2D eigenvalue weighted by Gasteiger charge is -2.33. The molecule has 1 aliphatic heterocycles. The third-order valence-electron chi connectivity index (χ3n) is 4.41. The Morgan fingerprint density at radius 3 is 2.45 bits per heavy atom. The standard InChI is InChI=1S/C20H25NO/c1-3-9-18(10-4-1)19-11-7-14-21(17-19)15-8-16-22-20-12-5-2-6-13-20/h1-6,9-10,12-13,19H,7-8,11,14-17H2. The van der Waals surface area contributed by atoms with Gasteiger partial charge in [-0.25, -0.2) is 0 Å². The van der Waals surface area contributed by atoms with Crippen LogP contribution in [0.5, 0.6) is 5.75 Å². The van der Waals surface area contributed by atoms with Crippen molar-refractivity contribution in [1.82, 2.24) is 4.90 Å². The zero-order valence-corrected chi connectivity index (χ0v) is 13.2. The molecule has 1 unspecified atom stereocenters. The van der Waals surface area contributed by atoms with E-state index in [9.17, 15) is 0 Å². The molecule has 0 aromatic heterocycles. The van der Waals surface area contributed by atoms with Crippen LogP contribution in [0.15, 0.2) is 60.7 Å². The van der Waals surface area contributed by atoms with Gasteiger partial charge in [-0.2, -0.15) is 0 Å². The summed E-state index contributed by atoms with van der Waals surface area (Å²) in [7, 11) is 0. The second-order valence-electron chi connectivity index (χ2n) is 6.07. The smallest absolute Gasteiger partial charge is 0.119 e. The molecule has 2 aromatic carbocycles. The number of rotatable bonds is 6. The van der Waals surface area contributed by atoms with E-state index in [0.717, 1.165) is 25.3 Å². The van der Waals surface area contributed by atoms with Gasteiger partial charge < -0.3 is 9.64 Å². The summed E-state index contributed by atoms with van der Waals surface area (Å²) in [4.78, 5) is 2.59. The molecular formula is C20H25NO. The zero-order chi connectivity index (χ0) is 15.0. The highest BCUT2D eigenvalue weighted by Gasteiger charge is 2.20. The molecule has 3 rings (SSSR count). The topological polar surface area (TPSA) is 12.5 Å². The highest BCUT2D eigenvalue weighted by molar-refractivity contribution is 5.21. The van der Waals surface area contributed by atoms with Gasteiger partial charge in [0.1, 0.15) is 5.75 Å². The van der Waals surface area contributed by atoms with Gasteiger partial charge in [-0.15, -0.1) is 0 Å². The van der Waals surface area contributed by atoms with E-state index < -0.39 is 0 Å². The molecule has 2 heteroatoms. The van der Waals surface area contributed by atoms with Gasteiger partial charge in [-0.1, -0.05) is 48.5 Å². The maximum Gasteiger partial charge on any atom is 0.119 e. The van der Waals surface area contributed by atoms with E-state index in [4.69, 9.17) is 4.74 Å². The second kappa shape index (κ2) is 8.00. The molecule has 0 aliphatic carbocycles. The Morgan fingerprint density at radius 1 is 0.955 bits per heavy atom. The quantitative estimate of drug-likeness (QED) is 0.735. The number of para-hydroxylation sites is 1. The van der Waals surface area contributed by atoms with Crippen molar-refractivity contribution in [3.05, 3.63) is 66.2 Å². The molecule has 0 amide bonds. The van der Waals surface area contributed by atoms with Crippen LogP contribution in [0.2, 0.25) is 0 Å². The van der Waals surface area contributed by atoms with Gasteiger partial charge in [-0.3, -0.25) is 0 Å². The van der Waals surface area contributed by atoms with Crippen molar-refractivity contribution in [2.45, 2.75) is 25.2 Å². The third-order valence-corrected chi connectivity index (χ3v) is 4.41. The van der Waals surface area contributed by atoms with Crippen LogP contribution in [0, 0.1) is 0 Å². The van der Waals surface area contributed by atoms with Crippen LogP contribution in [-0.2, 0) is 0 Å². The lowest BCUT2D eigenvalue weighted by atomic mass is 9.90. The van der Waals surface area contributed by atoms with Gasteiger partial charge in [0.05, 0.1) is 6.61 Å². The van der Waals surface area contributed by atoms with Crippen LogP contribution in [0.1, 0.15) is 30.7 Å². The van der Waals surface area contributed by atoms with Crippen LogP contribution in [0.4, 0.5) is 0 Å². The van der Waals surface area contributed by atoms with Gasteiger partial charge in [0.15, 0.2) is 0 Å². The molecule has 1 saturated heterocycles. The first-order valence-corrected chi connectivity index (χ1v) is 8.37. The van der Waals surface area contributed by atoms with Gasteiger partial charge in [0.25, 0.3) is 0 Å². The monoisotopic (exact) mass is 295 g/mol. The number of piperidine rings is 1. The molecule has 0 spiro atoms. The lowest BCUT2D eigenvalue weighted by molar-refractivity contribution is 0.189. The van der Waals surface area contributed by atoms with E-state index in [-0.39, 0.29) is 0 Å². The average molecular weight is 295 g/mol. The first kappa shape index (κ1) is 15.1. The van der Waals surface area contributed by atoms with Gasteiger partial charge in [0, 0.05) is 13.1 Å². The largest absolute Gasteiger partial charge is 0.494 e. The summed E-state index contributed by atoms with van der Waals surface area (Å²) in [5.74, 6) is 1.67. The number of nitrogens with zero attached hydrogens (tertiary/aromatic N) is 1. The van der Waals surface area contributed by atoms with Crippen molar-refractivity contribution < 1.29 is 4.74 Å². The predicted molar refractivity (Wildman–Crippen MR) is 91.4 cm³/mol.